The quantitative estimate of drug-likeness (QED) is 0.170. The zero-order valence-electron chi connectivity index (χ0n) is 30.3. The number of allylic oxidation sites excluding steroid dienone is 1. The van der Waals surface area contributed by atoms with Crippen molar-refractivity contribution in [2.45, 2.75) is 25.2 Å². The van der Waals surface area contributed by atoms with Crippen LogP contribution in [0.4, 0.5) is 17.1 Å². The molecule has 1 atom stereocenters. The lowest BCUT2D eigenvalue weighted by Gasteiger charge is -2.32. The molecule has 3 heteroatoms. The molecule has 0 bridgehead atoms. The average molecular weight is 724 g/mol. The van der Waals surface area contributed by atoms with Crippen LogP contribution < -0.4 is 15.3 Å². The van der Waals surface area contributed by atoms with Crippen LogP contribution in [0.2, 0.25) is 0 Å². The van der Waals surface area contributed by atoms with Crippen LogP contribution in [0.3, 0.4) is 0 Å². The number of rotatable bonds is 6. The van der Waals surface area contributed by atoms with Gasteiger partial charge in [-0.2, -0.15) is 0 Å². The van der Waals surface area contributed by atoms with Gasteiger partial charge in [0.1, 0.15) is 11.3 Å². The second-order valence-corrected chi connectivity index (χ2v) is 15.7. The number of furan rings is 1. The summed E-state index contributed by atoms with van der Waals surface area (Å²) in [5.74, 6) is 1.10. The largest absolute Gasteiger partial charge is 0.460 e. The topological polar surface area (TPSA) is 16.4 Å². The predicted molar refractivity (Wildman–Crippen MR) is 233 cm³/mol. The molecule has 0 radical (unpaired) electrons. The fraction of sp³-hybridized carbons (Fsp3) is 0.0769. The van der Waals surface area contributed by atoms with Gasteiger partial charge in [-0.3, -0.25) is 0 Å². The molecule has 0 amide bonds. The van der Waals surface area contributed by atoms with Gasteiger partial charge in [0.2, 0.25) is 0 Å². The molecule has 0 spiro atoms. The lowest BCUT2D eigenvalue weighted by atomic mass is 9.85. The Morgan fingerprint density at radius 1 is 0.618 bits per heavy atom. The van der Waals surface area contributed by atoms with E-state index in [0.717, 1.165) is 42.0 Å². The van der Waals surface area contributed by atoms with Crippen molar-refractivity contribution in [3.63, 3.8) is 0 Å². The maximum atomic E-state index is 6.73. The van der Waals surface area contributed by atoms with Crippen LogP contribution in [0.25, 0.3) is 60.0 Å². The molecule has 1 unspecified atom stereocenters. The summed E-state index contributed by atoms with van der Waals surface area (Å²) in [5.41, 5.74) is 12.0. The third kappa shape index (κ3) is 5.30. The van der Waals surface area contributed by atoms with E-state index in [0.29, 0.717) is 0 Å². The van der Waals surface area contributed by atoms with Gasteiger partial charge in [0.25, 0.3) is 0 Å². The van der Waals surface area contributed by atoms with E-state index < -0.39 is 0 Å². The third-order valence-electron chi connectivity index (χ3n) is 11.5. The molecule has 0 saturated heterocycles. The first kappa shape index (κ1) is 32.0. The molecule has 2 nitrogen and oxygen atoms in total. The fourth-order valence-corrected chi connectivity index (χ4v) is 10.2. The van der Waals surface area contributed by atoms with Crippen molar-refractivity contribution in [3.05, 3.63) is 203 Å². The molecule has 262 valence electrons. The normalized spacial score (nSPS) is 14.9. The molecule has 0 aliphatic heterocycles. The lowest BCUT2D eigenvalue weighted by molar-refractivity contribution is 0.517. The Morgan fingerprint density at radius 2 is 1.36 bits per heavy atom. The number of hydrogen-bond acceptors (Lipinski definition) is 3. The number of hydrogen-bond donors (Lipinski definition) is 0. The molecular weight excluding hydrogens is 687 g/mol. The highest BCUT2D eigenvalue weighted by Crippen LogP contribution is 2.49. The van der Waals surface area contributed by atoms with E-state index in [2.05, 4.69) is 187 Å². The highest BCUT2D eigenvalue weighted by molar-refractivity contribution is 7.25. The molecule has 11 rings (SSSR count). The lowest BCUT2D eigenvalue weighted by Crippen LogP contribution is -2.29. The van der Waals surface area contributed by atoms with Gasteiger partial charge in [0.15, 0.2) is 0 Å². The van der Waals surface area contributed by atoms with E-state index in [1.54, 1.807) is 0 Å². The summed E-state index contributed by atoms with van der Waals surface area (Å²) < 4.78 is 9.36. The van der Waals surface area contributed by atoms with Crippen LogP contribution in [-0.2, 0) is 0 Å². The summed E-state index contributed by atoms with van der Waals surface area (Å²) in [7, 11) is 0. The van der Waals surface area contributed by atoms with Gasteiger partial charge < -0.3 is 9.32 Å². The zero-order chi connectivity index (χ0) is 36.3. The molecule has 2 heterocycles. The molecule has 7 aromatic carbocycles. The van der Waals surface area contributed by atoms with Gasteiger partial charge in [-0.15, -0.1) is 11.3 Å². The second kappa shape index (κ2) is 13.2. The Morgan fingerprint density at radius 3 is 2.33 bits per heavy atom. The zero-order valence-corrected chi connectivity index (χ0v) is 31.1. The summed E-state index contributed by atoms with van der Waals surface area (Å²) >= 11 is 1.87. The van der Waals surface area contributed by atoms with Crippen molar-refractivity contribution < 1.29 is 4.42 Å². The monoisotopic (exact) mass is 723 g/mol. The number of benzene rings is 7. The van der Waals surface area contributed by atoms with Crippen LogP contribution >= 0.6 is 11.3 Å². The van der Waals surface area contributed by atoms with Crippen molar-refractivity contribution in [3.8, 4) is 11.1 Å². The molecule has 9 aromatic rings. The third-order valence-corrected chi connectivity index (χ3v) is 12.7. The van der Waals surface area contributed by atoms with Crippen LogP contribution in [0.1, 0.15) is 47.6 Å². The van der Waals surface area contributed by atoms with Gasteiger partial charge >= 0.3 is 0 Å². The summed E-state index contributed by atoms with van der Waals surface area (Å²) in [4.78, 5) is 2.52. The molecule has 0 N–H and O–H groups in total. The van der Waals surface area contributed by atoms with Crippen molar-refractivity contribution in [2.24, 2.45) is 0 Å². The highest BCUT2D eigenvalue weighted by Gasteiger charge is 2.30. The second-order valence-electron chi connectivity index (χ2n) is 14.6. The highest BCUT2D eigenvalue weighted by atomic mass is 32.1. The Hall–Kier alpha value is -6.42. The summed E-state index contributed by atoms with van der Waals surface area (Å²) in [5, 5.41) is 6.44. The van der Waals surface area contributed by atoms with Gasteiger partial charge in [-0.1, -0.05) is 140 Å². The minimum atomic E-state index is 0.0602. The Labute approximate surface area is 324 Å². The Balaban J connectivity index is 1.16. The predicted octanol–water partition coefficient (Wildman–Crippen LogP) is 13.3. The molecule has 2 aliphatic rings. The van der Waals surface area contributed by atoms with Gasteiger partial charge in [-0.05, 0) is 94.4 Å². The Kier molecular flexibility index (Phi) is 7.67. The smallest absolute Gasteiger partial charge is 0.134 e. The number of thiophene rings is 1. The SMILES string of the molecule is C1=Cc2c(oc3ccccc23)C(c2ccccc2N(c2cccc(-c3cccc4sc5ccccc5c34)c2)c2ccccc2C2=c3ccccc3=CCC2)C1. The first-order valence-electron chi connectivity index (χ1n) is 19.3. The molecule has 2 aliphatic carbocycles. The van der Waals surface area contributed by atoms with E-state index in [9.17, 15) is 0 Å². The van der Waals surface area contributed by atoms with Crippen LogP contribution in [0, 0.1) is 0 Å². The van der Waals surface area contributed by atoms with E-state index in [1.807, 2.05) is 11.3 Å². The minimum absolute atomic E-state index is 0.0602. The van der Waals surface area contributed by atoms with E-state index >= 15 is 0 Å². The van der Waals surface area contributed by atoms with Crippen molar-refractivity contribution in [2.75, 3.05) is 4.90 Å². The summed E-state index contributed by atoms with van der Waals surface area (Å²) in [6.07, 6.45) is 9.84. The average Bonchev–Trinajstić information content (AvgIpc) is 3.83. The van der Waals surface area contributed by atoms with Gasteiger partial charge in [0.05, 0.1) is 11.4 Å². The first-order valence-corrected chi connectivity index (χ1v) is 20.1. The minimum Gasteiger partial charge on any atom is -0.460 e. The molecule has 2 aromatic heterocycles. The van der Waals surface area contributed by atoms with E-state index in [1.165, 1.54) is 75.1 Å². The van der Waals surface area contributed by atoms with Crippen molar-refractivity contribution in [1.82, 2.24) is 0 Å². The number of nitrogens with zero attached hydrogens (tertiary/aromatic N) is 1. The number of anilines is 3. The summed E-state index contributed by atoms with van der Waals surface area (Å²) in [6.45, 7) is 0. The first-order chi connectivity index (χ1) is 27.3. The van der Waals surface area contributed by atoms with E-state index in [-0.39, 0.29) is 5.92 Å². The van der Waals surface area contributed by atoms with Crippen molar-refractivity contribution >= 4 is 77.3 Å². The van der Waals surface area contributed by atoms with Crippen LogP contribution in [-0.4, -0.2) is 0 Å². The van der Waals surface area contributed by atoms with Gasteiger partial charge in [0, 0.05) is 48.3 Å². The maximum Gasteiger partial charge on any atom is 0.134 e. The summed E-state index contributed by atoms with van der Waals surface area (Å²) in [6, 6.07) is 60.1. The molecule has 0 fully saturated rings. The Bertz CT molecular complexity index is 3110. The van der Waals surface area contributed by atoms with Crippen LogP contribution in [0.5, 0.6) is 0 Å². The van der Waals surface area contributed by atoms with Crippen LogP contribution in [0.15, 0.2) is 174 Å². The fourth-order valence-electron chi connectivity index (χ4n) is 9.09. The maximum absolute atomic E-state index is 6.73. The number of fused-ring (bicyclic) bond motifs is 7. The molecule has 0 saturated carbocycles. The van der Waals surface area contributed by atoms with Crippen molar-refractivity contribution in [1.29, 1.82) is 0 Å². The van der Waals surface area contributed by atoms with Gasteiger partial charge in [-0.25, -0.2) is 0 Å². The molecule has 55 heavy (non-hydrogen) atoms. The number of para-hydroxylation sites is 3. The standard InChI is InChI=1S/C52H37NOS/c1-2-19-37-34(15-1)16-12-25-39(37)40-20-3-7-28-46(40)53(36-18-11-17-35(33-36)38-24-14-32-50-51(38)45-23-6-10-31-49(45)55-50)47-29-8-4-21-41(47)43-26-13-27-44-42-22-5-9-30-48(42)54-52(43)44/h1-11,13-24,27-33,43H,12,25-26H2. The van der Waals surface area contributed by atoms with E-state index in [4.69, 9.17) is 4.42 Å². The molecular formula is C52H37NOS.